The molecule has 0 aliphatic carbocycles. The molecule has 0 bridgehead atoms. The Morgan fingerprint density at radius 2 is 1.86 bits per heavy atom. The highest BCUT2D eigenvalue weighted by molar-refractivity contribution is 6.07. The fraction of sp³-hybridized carbons (Fsp3) is 0.346. The molecule has 35 heavy (non-hydrogen) atoms. The highest BCUT2D eigenvalue weighted by atomic mass is 35.5. The fourth-order valence-corrected chi connectivity index (χ4v) is 4.86. The van der Waals surface area contributed by atoms with Crippen molar-refractivity contribution in [2.24, 2.45) is 0 Å². The minimum absolute atomic E-state index is 0. The van der Waals surface area contributed by atoms with Gasteiger partial charge in [0.2, 0.25) is 11.7 Å². The van der Waals surface area contributed by atoms with Gasteiger partial charge in [-0.05, 0) is 49.2 Å². The molecular weight excluding hydrogens is 485 g/mol. The lowest BCUT2D eigenvalue weighted by atomic mass is 9.91. The van der Waals surface area contributed by atoms with Gasteiger partial charge in [-0.2, -0.15) is 0 Å². The maximum atomic E-state index is 12.9. The zero-order valence-corrected chi connectivity index (χ0v) is 21.5. The quantitative estimate of drug-likeness (QED) is 0.479. The number of benzene rings is 2. The molecular formula is C26H31Cl2N5O2. The SMILES string of the molecule is CCC(=O)N1c2ccccc2[C@H](Nc2ccc(C(=O)c3cn4c(n3)CNCC4)cc2)C[C@@H]1C.Cl.Cl. The third-order valence-electron chi connectivity index (χ3n) is 6.55. The molecule has 3 heterocycles. The average molecular weight is 516 g/mol. The molecule has 3 aromatic rings. The number of rotatable bonds is 5. The Morgan fingerprint density at radius 1 is 1.11 bits per heavy atom. The Bertz CT molecular complexity index is 1170. The van der Waals surface area contributed by atoms with Crippen LogP contribution in [-0.4, -0.2) is 33.8 Å². The van der Waals surface area contributed by atoms with E-state index in [2.05, 4.69) is 28.6 Å². The third kappa shape index (κ3) is 5.22. The van der Waals surface area contributed by atoms with Crippen molar-refractivity contribution in [2.75, 3.05) is 16.8 Å². The number of para-hydroxylation sites is 1. The summed E-state index contributed by atoms with van der Waals surface area (Å²) >= 11 is 0. The molecule has 0 fully saturated rings. The first-order valence-corrected chi connectivity index (χ1v) is 11.6. The number of hydrogen-bond acceptors (Lipinski definition) is 5. The van der Waals surface area contributed by atoms with Gasteiger partial charge in [0.05, 0.1) is 12.6 Å². The van der Waals surface area contributed by atoms with Gasteiger partial charge in [-0.1, -0.05) is 25.1 Å². The van der Waals surface area contributed by atoms with Crippen LogP contribution in [0.1, 0.15) is 60.2 Å². The van der Waals surface area contributed by atoms with E-state index in [0.29, 0.717) is 24.2 Å². The van der Waals surface area contributed by atoms with Gasteiger partial charge >= 0.3 is 0 Å². The molecule has 2 atom stereocenters. The van der Waals surface area contributed by atoms with Crippen molar-refractivity contribution in [3.63, 3.8) is 0 Å². The number of nitrogens with one attached hydrogen (secondary N) is 2. The number of nitrogens with zero attached hydrogens (tertiary/aromatic N) is 3. The molecule has 2 aliphatic rings. The van der Waals surface area contributed by atoms with E-state index in [0.717, 1.165) is 42.3 Å². The first kappa shape index (κ1) is 26.7. The molecule has 9 heteroatoms. The largest absolute Gasteiger partial charge is 0.378 e. The van der Waals surface area contributed by atoms with Crippen LogP contribution in [0.4, 0.5) is 11.4 Å². The van der Waals surface area contributed by atoms with Crippen molar-refractivity contribution in [2.45, 2.75) is 51.9 Å². The number of halogens is 2. The van der Waals surface area contributed by atoms with Crippen molar-refractivity contribution in [1.82, 2.24) is 14.9 Å². The van der Waals surface area contributed by atoms with E-state index in [1.807, 2.05) is 65.1 Å². The lowest BCUT2D eigenvalue weighted by Crippen LogP contribution is -2.44. The van der Waals surface area contributed by atoms with Crippen molar-refractivity contribution in [3.8, 4) is 0 Å². The zero-order chi connectivity index (χ0) is 22.9. The molecule has 0 radical (unpaired) electrons. The molecule has 0 saturated heterocycles. The number of fused-ring (bicyclic) bond motifs is 2. The van der Waals surface area contributed by atoms with Crippen LogP contribution < -0.4 is 15.5 Å². The van der Waals surface area contributed by atoms with Crippen LogP contribution in [0, 0.1) is 0 Å². The average Bonchev–Trinajstić information content (AvgIpc) is 3.28. The monoisotopic (exact) mass is 515 g/mol. The molecule has 0 spiro atoms. The van der Waals surface area contributed by atoms with Crippen LogP contribution in [-0.2, 0) is 17.9 Å². The number of aromatic nitrogens is 2. The lowest BCUT2D eigenvalue weighted by molar-refractivity contribution is -0.118. The molecule has 1 amide bonds. The summed E-state index contributed by atoms with van der Waals surface area (Å²) < 4.78 is 2.05. The Hall–Kier alpha value is -2.87. The summed E-state index contributed by atoms with van der Waals surface area (Å²) in [5.74, 6) is 0.991. The van der Waals surface area contributed by atoms with E-state index in [1.54, 1.807) is 0 Å². The van der Waals surface area contributed by atoms with Crippen LogP contribution >= 0.6 is 24.8 Å². The highest BCUT2D eigenvalue weighted by Crippen LogP contribution is 2.39. The first-order chi connectivity index (χ1) is 16.0. The molecule has 2 N–H and O–H groups in total. The van der Waals surface area contributed by atoms with Gasteiger partial charge in [-0.3, -0.25) is 9.59 Å². The lowest BCUT2D eigenvalue weighted by Gasteiger charge is -2.40. The van der Waals surface area contributed by atoms with Crippen LogP contribution in [0.2, 0.25) is 0 Å². The first-order valence-electron chi connectivity index (χ1n) is 11.6. The number of imidazole rings is 1. The van der Waals surface area contributed by atoms with Gasteiger partial charge in [0, 0.05) is 48.7 Å². The maximum Gasteiger partial charge on any atom is 0.226 e. The smallest absolute Gasteiger partial charge is 0.226 e. The molecule has 2 aliphatic heterocycles. The Labute approximate surface area is 218 Å². The normalized spacial score (nSPS) is 18.4. The summed E-state index contributed by atoms with van der Waals surface area (Å²) in [6.45, 7) is 6.42. The predicted molar refractivity (Wildman–Crippen MR) is 143 cm³/mol. The van der Waals surface area contributed by atoms with E-state index in [1.165, 1.54) is 0 Å². The Kier molecular flexibility index (Phi) is 8.59. The number of anilines is 2. The van der Waals surface area contributed by atoms with Gasteiger partial charge in [0.1, 0.15) is 11.5 Å². The van der Waals surface area contributed by atoms with Crippen LogP contribution in [0.15, 0.2) is 54.7 Å². The molecule has 2 aromatic carbocycles. The third-order valence-corrected chi connectivity index (χ3v) is 6.55. The minimum atomic E-state index is -0.0613. The van der Waals surface area contributed by atoms with Crippen LogP contribution in [0.3, 0.4) is 0 Å². The predicted octanol–water partition coefficient (Wildman–Crippen LogP) is 4.75. The summed E-state index contributed by atoms with van der Waals surface area (Å²) in [5.41, 5.74) is 4.16. The summed E-state index contributed by atoms with van der Waals surface area (Å²) in [4.78, 5) is 31.9. The molecule has 0 saturated carbocycles. The van der Waals surface area contributed by atoms with Crippen molar-refractivity contribution in [1.29, 1.82) is 0 Å². The molecule has 0 unspecified atom stereocenters. The van der Waals surface area contributed by atoms with Crippen molar-refractivity contribution >= 4 is 47.9 Å². The molecule has 186 valence electrons. The molecule has 5 rings (SSSR count). The summed E-state index contributed by atoms with van der Waals surface area (Å²) in [5, 5.41) is 6.89. The van der Waals surface area contributed by atoms with E-state index in [4.69, 9.17) is 0 Å². The maximum absolute atomic E-state index is 12.9. The topological polar surface area (TPSA) is 79.3 Å². The van der Waals surface area contributed by atoms with Crippen LogP contribution in [0.25, 0.3) is 0 Å². The van der Waals surface area contributed by atoms with Crippen LogP contribution in [0.5, 0.6) is 0 Å². The second kappa shape index (κ2) is 11.2. The summed E-state index contributed by atoms with van der Waals surface area (Å²) in [6.07, 6.45) is 3.16. The van der Waals surface area contributed by atoms with Crippen molar-refractivity contribution in [3.05, 3.63) is 77.4 Å². The number of amides is 1. The summed E-state index contributed by atoms with van der Waals surface area (Å²) in [7, 11) is 0. The second-order valence-electron chi connectivity index (χ2n) is 8.78. The zero-order valence-electron chi connectivity index (χ0n) is 19.9. The van der Waals surface area contributed by atoms with E-state index >= 15 is 0 Å². The van der Waals surface area contributed by atoms with E-state index in [9.17, 15) is 9.59 Å². The highest BCUT2D eigenvalue weighted by Gasteiger charge is 2.32. The van der Waals surface area contributed by atoms with Gasteiger partial charge in [0.25, 0.3) is 0 Å². The number of carbonyl (C=O) groups is 2. The number of ketones is 1. The molecule has 7 nitrogen and oxygen atoms in total. The fourth-order valence-electron chi connectivity index (χ4n) is 4.86. The van der Waals surface area contributed by atoms with E-state index in [-0.39, 0.29) is 48.6 Å². The Morgan fingerprint density at radius 3 is 2.57 bits per heavy atom. The van der Waals surface area contributed by atoms with E-state index < -0.39 is 0 Å². The Balaban J connectivity index is 0.00000171. The number of carbonyl (C=O) groups excluding carboxylic acids is 2. The second-order valence-corrected chi connectivity index (χ2v) is 8.78. The summed E-state index contributed by atoms with van der Waals surface area (Å²) in [6, 6.07) is 15.9. The minimum Gasteiger partial charge on any atom is -0.378 e. The van der Waals surface area contributed by atoms with Gasteiger partial charge in [-0.25, -0.2) is 4.98 Å². The number of hydrogen-bond donors (Lipinski definition) is 2. The standard InChI is InChI=1S/C26H29N5O2.2ClH/c1-3-25(32)31-17(2)14-21(20-6-4-5-7-23(20)31)28-19-10-8-18(9-11-19)26(33)22-16-30-13-12-27-15-24(30)29-22;;/h4-11,16-17,21,27-28H,3,12-15H2,1-2H3;2*1H/t17-,21+;;/m0../s1. The molecule has 1 aromatic heterocycles. The van der Waals surface area contributed by atoms with Gasteiger partial charge in [0.15, 0.2) is 0 Å². The van der Waals surface area contributed by atoms with Crippen molar-refractivity contribution < 1.29 is 9.59 Å². The van der Waals surface area contributed by atoms with Gasteiger partial charge in [-0.15, -0.1) is 24.8 Å². The van der Waals surface area contributed by atoms with Gasteiger partial charge < -0.3 is 20.1 Å².